The average Bonchev–Trinajstić information content (AvgIpc) is 3.06. The summed E-state index contributed by atoms with van der Waals surface area (Å²) in [5, 5.41) is 10.1. The minimum atomic E-state index is -3.80. The summed E-state index contributed by atoms with van der Waals surface area (Å²) in [6.45, 7) is -0.0388. The number of hydrogen-bond donors (Lipinski definition) is 3. The minimum Gasteiger partial charge on any atom is -0.506 e. The van der Waals surface area contributed by atoms with Gasteiger partial charge in [0, 0.05) is 12.4 Å². The van der Waals surface area contributed by atoms with Crippen LogP contribution < -0.4 is 9.03 Å². The van der Waals surface area contributed by atoms with E-state index in [-0.39, 0.29) is 18.0 Å². The van der Waals surface area contributed by atoms with Crippen molar-refractivity contribution in [2.24, 2.45) is 0 Å². The molecule has 0 saturated carbocycles. The van der Waals surface area contributed by atoms with Crippen molar-refractivity contribution >= 4 is 22.2 Å². The fourth-order valence-corrected chi connectivity index (χ4v) is 3.70. The van der Waals surface area contributed by atoms with Crippen LogP contribution in [-0.4, -0.2) is 37.4 Å². The van der Waals surface area contributed by atoms with Crippen LogP contribution in [-0.2, 0) is 15.0 Å². The molecule has 2 aromatic rings. The summed E-state index contributed by atoms with van der Waals surface area (Å²) in [5.41, 5.74) is 1.78. The second-order valence-electron chi connectivity index (χ2n) is 4.70. The number of hydrogen-bond acceptors (Lipinski definition) is 4. The molecule has 0 spiro atoms. The second kappa shape index (κ2) is 4.90. The number of phenols is 1. The highest BCUT2D eigenvalue weighted by Crippen LogP contribution is 2.34. The molecule has 8 heteroatoms. The van der Waals surface area contributed by atoms with Crippen LogP contribution in [0.2, 0.25) is 0 Å². The maximum Gasteiger partial charge on any atom is 0.302 e. The third-order valence-electron chi connectivity index (χ3n) is 3.29. The highest BCUT2D eigenvalue weighted by molar-refractivity contribution is 7.91. The third-order valence-corrected chi connectivity index (χ3v) is 4.82. The first-order chi connectivity index (χ1) is 10.0. The van der Waals surface area contributed by atoms with E-state index >= 15 is 0 Å². The van der Waals surface area contributed by atoms with Gasteiger partial charge in [0.05, 0.1) is 18.3 Å². The lowest BCUT2D eigenvalue weighted by Gasteiger charge is -2.17. The van der Waals surface area contributed by atoms with Gasteiger partial charge in [-0.2, -0.15) is 13.1 Å². The number of H-pyrrole nitrogens is 1. The number of rotatable bonds is 3. The zero-order valence-electron chi connectivity index (χ0n) is 10.9. The molecule has 1 aliphatic heterocycles. The normalized spacial score (nSPS) is 20.6. The number of aromatic nitrogens is 1. The molecule has 1 saturated heterocycles. The number of aldehydes is 1. The van der Waals surface area contributed by atoms with Gasteiger partial charge < -0.3 is 14.9 Å². The number of carbonyl (C=O) groups excluding carboxylic acids is 1. The first-order valence-electron chi connectivity index (χ1n) is 6.23. The number of nitrogens with one attached hydrogen (secondary N) is 2. The fourth-order valence-electron chi connectivity index (χ4n) is 2.28. The first kappa shape index (κ1) is 13.7. The minimum absolute atomic E-state index is 0.0388. The predicted octanol–water partition coefficient (Wildman–Crippen LogP) is 0.609. The van der Waals surface area contributed by atoms with E-state index < -0.39 is 16.3 Å². The van der Waals surface area contributed by atoms with Crippen LogP contribution in [0.5, 0.6) is 5.75 Å². The van der Waals surface area contributed by atoms with Crippen LogP contribution in [0.3, 0.4) is 0 Å². The topological polar surface area (TPSA) is 102 Å². The molecule has 0 bridgehead atoms. The number of anilines is 1. The van der Waals surface area contributed by atoms with Crippen molar-refractivity contribution in [3.63, 3.8) is 0 Å². The molecule has 1 aliphatic rings. The lowest BCUT2D eigenvalue weighted by molar-refractivity contribution is -0.108. The Kier molecular flexibility index (Phi) is 3.19. The number of nitrogens with zero attached hydrogens (tertiary/aromatic N) is 1. The van der Waals surface area contributed by atoms with Crippen molar-refractivity contribution in [3.05, 3.63) is 36.7 Å². The van der Waals surface area contributed by atoms with E-state index in [0.29, 0.717) is 6.29 Å². The van der Waals surface area contributed by atoms with Crippen molar-refractivity contribution < 1.29 is 18.3 Å². The number of benzene rings is 1. The van der Waals surface area contributed by atoms with Gasteiger partial charge in [0.15, 0.2) is 0 Å². The van der Waals surface area contributed by atoms with Crippen LogP contribution in [0.25, 0.3) is 11.1 Å². The lowest BCUT2D eigenvalue weighted by Crippen LogP contribution is -2.30. The molecular weight excluding hydrogens is 294 g/mol. The first-order valence-corrected chi connectivity index (χ1v) is 7.67. The van der Waals surface area contributed by atoms with Crippen LogP contribution in [0.1, 0.15) is 0 Å². The molecule has 110 valence electrons. The fraction of sp³-hybridized carbons (Fsp3) is 0.154. The molecule has 1 aromatic carbocycles. The van der Waals surface area contributed by atoms with Crippen molar-refractivity contribution in [3.8, 4) is 16.9 Å². The quantitative estimate of drug-likeness (QED) is 0.723. The van der Waals surface area contributed by atoms with Gasteiger partial charge in [0.25, 0.3) is 0 Å². The molecule has 2 heterocycles. The number of carbonyl (C=O) groups is 1. The Labute approximate surface area is 121 Å². The molecule has 7 nitrogen and oxygen atoms in total. The Balaban J connectivity index is 1.99. The van der Waals surface area contributed by atoms with E-state index in [0.717, 1.165) is 15.4 Å². The largest absolute Gasteiger partial charge is 0.506 e. The maximum atomic E-state index is 11.9. The molecule has 3 rings (SSSR count). The summed E-state index contributed by atoms with van der Waals surface area (Å²) >= 11 is 0. The smallest absolute Gasteiger partial charge is 0.302 e. The summed E-state index contributed by atoms with van der Waals surface area (Å²) in [6, 6.07) is 5.75. The highest BCUT2D eigenvalue weighted by Gasteiger charge is 2.36. The van der Waals surface area contributed by atoms with E-state index in [4.69, 9.17) is 0 Å². The van der Waals surface area contributed by atoms with Gasteiger partial charge in [-0.25, -0.2) is 0 Å². The van der Waals surface area contributed by atoms with Crippen LogP contribution in [0.15, 0.2) is 36.7 Å². The Morgan fingerprint density at radius 2 is 2.10 bits per heavy atom. The van der Waals surface area contributed by atoms with Crippen molar-refractivity contribution in [1.82, 2.24) is 9.71 Å². The van der Waals surface area contributed by atoms with Gasteiger partial charge in [-0.05, 0) is 29.3 Å². The SMILES string of the molecule is O=CC1CN(c2ccc(-c3cc[nH]c3)cc2O)S(=O)(=O)N1. The van der Waals surface area contributed by atoms with Gasteiger partial charge in [-0.3, -0.25) is 4.31 Å². The zero-order chi connectivity index (χ0) is 15.0. The maximum absolute atomic E-state index is 11.9. The van der Waals surface area contributed by atoms with Crippen molar-refractivity contribution in [1.29, 1.82) is 0 Å². The third kappa shape index (κ3) is 2.39. The van der Waals surface area contributed by atoms with Crippen LogP contribution in [0.4, 0.5) is 5.69 Å². The van der Waals surface area contributed by atoms with E-state index in [1.54, 1.807) is 18.5 Å². The van der Waals surface area contributed by atoms with E-state index in [2.05, 4.69) is 9.71 Å². The molecule has 3 N–H and O–H groups in total. The monoisotopic (exact) mass is 307 g/mol. The molecule has 0 amide bonds. The molecule has 0 aliphatic carbocycles. The summed E-state index contributed by atoms with van der Waals surface area (Å²) in [5.74, 6) is -0.161. The predicted molar refractivity (Wildman–Crippen MR) is 77.1 cm³/mol. The molecule has 1 atom stereocenters. The Hall–Kier alpha value is -2.32. The van der Waals surface area contributed by atoms with Gasteiger partial charge >= 0.3 is 10.2 Å². The molecular formula is C13H13N3O4S. The molecule has 1 unspecified atom stereocenters. The highest BCUT2D eigenvalue weighted by atomic mass is 32.2. The van der Waals surface area contributed by atoms with Gasteiger partial charge in [0.1, 0.15) is 12.0 Å². The van der Waals surface area contributed by atoms with E-state index in [9.17, 15) is 18.3 Å². The number of phenolic OH excluding ortho intramolecular Hbond substituents is 1. The Morgan fingerprint density at radius 3 is 2.67 bits per heavy atom. The molecule has 1 aromatic heterocycles. The number of aromatic hydroxyl groups is 1. The Bertz CT molecular complexity index is 771. The second-order valence-corrected chi connectivity index (χ2v) is 6.33. The molecule has 21 heavy (non-hydrogen) atoms. The summed E-state index contributed by atoms with van der Waals surface area (Å²) in [7, 11) is -3.80. The average molecular weight is 307 g/mol. The van der Waals surface area contributed by atoms with Crippen molar-refractivity contribution in [2.45, 2.75) is 6.04 Å². The summed E-state index contributed by atoms with van der Waals surface area (Å²) in [6.07, 6.45) is 4.05. The van der Waals surface area contributed by atoms with E-state index in [1.165, 1.54) is 12.1 Å². The summed E-state index contributed by atoms with van der Waals surface area (Å²) in [4.78, 5) is 13.7. The van der Waals surface area contributed by atoms with Gasteiger partial charge in [0.2, 0.25) is 0 Å². The van der Waals surface area contributed by atoms with Crippen molar-refractivity contribution in [2.75, 3.05) is 10.8 Å². The van der Waals surface area contributed by atoms with Gasteiger partial charge in [-0.15, -0.1) is 0 Å². The lowest BCUT2D eigenvalue weighted by atomic mass is 10.1. The van der Waals surface area contributed by atoms with Gasteiger partial charge in [-0.1, -0.05) is 6.07 Å². The standard InChI is InChI=1S/C13H13N3O4S/c17-8-11-7-16(21(19,20)15-11)12-2-1-9(5-13(12)18)10-3-4-14-6-10/h1-6,8,11,14-15,18H,7H2. The molecule has 1 fully saturated rings. The van der Waals surface area contributed by atoms with Crippen LogP contribution >= 0.6 is 0 Å². The zero-order valence-corrected chi connectivity index (χ0v) is 11.7. The summed E-state index contributed by atoms with van der Waals surface area (Å²) < 4.78 is 27.1. The van der Waals surface area contributed by atoms with E-state index in [1.807, 2.05) is 6.07 Å². The number of aromatic amines is 1. The Morgan fingerprint density at radius 1 is 1.29 bits per heavy atom. The molecule has 0 radical (unpaired) electrons. The van der Waals surface area contributed by atoms with Crippen LogP contribution in [0, 0.1) is 0 Å².